The number of fused-ring (bicyclic) bond motifs is 1. The topological polar surface area (TPSA) is 70.9 Å². The standard InChI is InChI=1S/C16H10ClN3O2S.ClH/c17-10-2-4-11(5-3-10)18-15-19-13(8-23-15)9-1-6-12-14(7-9)22-16(21)20-12;/h1-8H,(H,18,19)(H,20,21);1H. The lowest BCUT2D eigenvalue weighted by Gasteiger charge is -2.02. The second-order valence-corrected chi connectivity index (χ2v) is 6.19. The van der Waals surface area contributed by atoms with Gasteiger partial charge in [0.05, 0.1) is 11.2 Å². The molecule has 0 fully saturated rings. The summed E-state index contributed by atoms with van der Waals surface area (Å²) in [7, 11) is 0. The van der Waals surface area contributed by atoms with Gasteiger partial charge in [-0.3, -0.25) is 4.98 Å². The molecule has 2 heterocycles. The monoisotopic (exact) mass is 379 g/mol. The van der Waals surface area contributed by atoms with Crippen LogP contribution >= 0.6 is 35.3 Å². The maximum absolute atomic E-state index is 11.2. The van der Waals surface area contributed by atoms with Crippen LogP contribution in [0.25, 0.3) is 22.4 Å². The Hall–Kier alpha value is -2.28. The Bertz CT molecular complexity index is 1040. The van der Waals surface area contributed by atoms with E-state index in [0.717, 1.165) is 22.1 Å². The lowest BCUT2D eigenvalue weighted by atomic mass is 10.1. The van der Waals surface area contributed by atoms with E-state index in [1.807, 2.05) is 35.7 Å². The predicted molar refractivity (Wildman–Crippen MR) is 99.9 cm³/mol. The molecule has 0 aliphatic carbocycles. The van der Waals surface area contributed by atoms with Crippen molar-refractivity contribution in [1.82, 2.24) is 9.97 Å². The summed E-state index contributed by atoms with van der Waals surface area (Å²) in [6.45, 7) is 0. The predicted octanol–water partition coefficient (Wildman–Crippen LogP) is 5.06. The Kier molecular flexibility index (Phi) is 4.62. The number of anilines is 2. The third-order valence-corrected chi connectivity index (χ3v) is 4.33. The van der Waals surface area contributed by atoms with Crippen molar-refractivity contribution in [3.63, 3.8) is 0 Å². The number of hydrogen-bond acceptors (Lipinski definition) is 5. The quantitative estimate of drug-likeness (QED) is 0.521. The molecule has 2 aromatic carbocycles. The molecule has 0 aliphatic rings. The third-order valence-electron chi connectivity index (χ3n) is 3.32. The molecule has 4 aromatic rings. The van der Waals surface area contributed by atoms with E-state index in [1.165, 1.54) is 11.3 Å². The number of benzene rings is 2. The molecule has 0 radical (unpaired) electrons. The Morgan fingerprint density at radius 1 is 1.17 bits per heavy atom. The van der Waals surface area contributed by atoms with Gasteiger partial charge in [-0.1, -0.05) is 17.7 Å². The lowest BCUT2D eigenvalue weighted by molar-refractivity contribution is 0.555. The van der Waals surface area contributed by atoms with Gasteiger partial charge in [0.25, 0.3) is 0 Å². The number of nitrogens with zero attached hydrogens (tertiary/aromatic N) is 1. The average Bonchev–Trinajstić information content (AvgIpc) is 3.14. The van der Waals surface area contributed by atoms with Crippen LogP contribution in [0, 0.1) is 0 Å². The molecule has 122 valence electrons. The van der Waals surface area contributed by atoms with Crippen LogP contribution in [0.1, 0.15) is 0 Å². The smallest absolute Gasteiger partial charge is 0.408 e. The first-order valence-corrected chi connectivity index (χ1v) is 8.04. The molecule has 5 nitrogen and oxygen atoms in total. The van der Waals surface area contributed by atoms with Gasteiger partial charge in [-0.2, -0.15) is 0 Å². The van der Waals surface area contributed by atoms with Crippen molar-refractivity contribution < 1.29 is 4.42 Å². The minimum absolute atomic E-state index is 0. The molecule has 4 rings (SSSR count). The molecule has 0 aliphatic heterocycles. The van der Waals surface area contributed by atoms with Gasteiger partial charge in [-0.15, -0.1) is 23.7 Å². The van der Waals surface area contributed by atoms with Gasteiger partial charge in [0.1, 0.15) is 0 Å². The molecule has 0 amide bonds. The zero-order valence-corrected chi connectivity index (χ0v) is 14.5. The Morgan fingerprint density at radius 2 is 1.96 bits per heavy atom. The highest BCUT2D eigenvalue weighted by molar-refractivity contribution is 7.14. The van der Waals surface area contributed by atoms with Gasteiger partial charge in [-0.25, -0.2) is 9.78 Å². The first-order chi connectivity index (χ1) is 11.2. The molecule has 8 heteroatoms. The SMILES string of the molecule is Cl.O=c1[nH]c2ccc(-c3csc(Nc4ccc(Cl)cc4)n3)cc2o1. The minimum atomic E-state index is -0.458. The molecule has 0 unspecified atom stereocenters. The van der Waals surface area contributed by atoms with Crippen LogP contribution in [0.5, 0.6) is 0 Å². The molecule has 24 heavy (non-hydrogen) atoms. The van der Waals surface area contributed by atoms with Crippen molar-refractivity contribution in [2.75, 3.05) is 5.32 Å². The fourth-order valence-electron chi connectivity index (χ4n) is 2.23. The van der Waals surface area contributed by atoms with E-state index in [4.69, 9.17) is 16.0 Å². The number of H-pyrrole nitrogens is 1. The van der Waals surface area contributed by atoms with Gasteiger partial charge >= 0.3 is 5.76 Å². The number of aromatic amines is 1. The van der Waals surface area contributed by atoms with Crippen molar-refractivity contribution >= 4 is 57.3 Å². The number of hydrogen-bond donors (Lipinski definition) is 2. The molecule has 0 bridgehead atoms. The average molecular weight is 380 g/mol. The van der Waals surface area contributed by atoms with E-state index in [9.17, 15) is 4.79 Å². The highest BCUT2D eigenvalue weighted by Crippen LogP contribution is 2.29. The van der Waals surface area contributed by atoms with Crippen LogP contribution < -0.4 is 11.1 Å². The zero-order chi connectivity index (χ0) is 15.8. The molecule has 0 saturated carbocycles. The van der Waals surface area contributed by atoms with E-state index < -0.39 is 5.76 Å². The van der Waals surface area contributed by atoms with Gasteiger partial charge in [0, 0.05) is 21.7 Å². The number of thiazole rings is 1. The van der Waals surface area contributed by atoms with Gasteiger partial charge in [0.15, 0.2) is 10.7 Å². The van der Waals surface area contributed by atoms with Crippen LogP contribution in [-0.2, 0) is 0 Å². The number of nitrogens with one attached hydrogen (secondary N) is 2. The fourth-order valence-corrected chi connectivity index (χ4v) is 3.09. The fraction of sp³-hybridized carbons (Fsp3) is 0. The van der Waals surface area contributed by atoms with Crippen molar-refractivity contribution in [2.24, 2.45) is 0 Å². The summed E-state index contributed by atoms with van der Waals surface area (Å²) in [5, 5.41) is 6.65. The van der Waals surface area contributed by atoms with E-state index in [2.05, 4.69) is 15.3 Å². The van der Waals surface area contributed by atoms with Gasteiger partial charge < -0.3 is 9.73 Å². The Labute approximate surface area is 151 Å². The number of rotatable bonds is 3. The lowest BCUT2D eigenvalue weighted by Crippen LogP contribution is -1.92. The van der Waals surface area contributed by atoms with Gasteiger partial charge in [-0.05, 0) is 36.4 Å². The van der Waals surface area contributed by atoms with Crippen molar-refractivity contribution in [2.45, 2.75) is 0 Å². The second kappa shape index (κ2) is 6.68. The highest BCUT2D eigenvalue weighted by atomic mass is 35.5. The molecule has 0 spiro atoms. The van der Waals surface area contributed by atoms with E-state index in [0.29, 0.717) is 16.1 Å². The summed E-state index contributed by atoms with van der Waals surface area (Å²) in [5.41, 5.74) is 3.82. The maximum Gasteiger partial charge on any atom is 0.417 e. The van der Waals surface area contributed by atoms with Crippen molar-refractivity contribution in [3.8, 4) is 11.3 Å². The summed E-state index contributed by atoms with van der Waals surface area (Å²) in [6.07, 6.45) is 0. The Balaban J connectivity index is 0.00000169. The van der Waals surface area contributed by atoms with Crippen LogP contribution in [-0.4, -0.2) is 9.97 Å². The first kappa shape index (κ1) is 16.6. The Morgan fingerprint density at radius 3 is 2.75 bits per heavy atom. The van der Waals surface area contributed by atoms with Crippen molar-refractivity contribution in [3.05, 3.63) is 63.4 Å². The maximum atomic E-state index is 11.2. The molecule has 2 aromatic heterocycles. The van der Waals surface area contributed by atoms with Crippen LogP contribution in [0.2, 0.25) is 5.02 Å². The summed E-state index contributed by atoms with van der Waals surface area (Å²) >= 11 is 7.37. The van der Waals surface area contributed by atoms with E-state index >= 15 is 0 Å². The molecule has 0 saturated heterocycles. The minimum Gasteiger partial charge on any atom is -0.408 e. The van der Waals surface area contributed by atoms with Crippen molar-refractivity contribution in [1.29, 1.82) is 0 Å². The third kappa shape index (κ3) is 3.31. The van der Waals surface area contributed by atoms with E-state index in [1.54, 1.807) is 12.1 Å². The summed E-state index contributed by atoms with van der Waals surface area (Å²) in [6, 6.07) is 12.9. The van der Waals surface area contributed by atoms with Crippen LogP contribution in [0.15, 0.2) is 57.1 Å². The molecule has 0 atom stereocenters. The number of oxazole rings is 1. The summed E-state index contributed by atoms with van der Waals surface area (Å²) < 4.78 is 5.08. The number of aromatic nitrogens is 2. The van der Waals surface area contributed by atoms with Gasteiger partial charge in [0.2, 0.25) is 0 Å². The molecular formula is C16H11Cl2N3O2S. The summed E-state index contributed by atoms with van der Waals surface area (Å²) in [5.74, 6) is -0.458. The van der Waals surface area contributed by atoms with Crippen LogP contribution in [0.3, 0.4) is 0 Å². The molecule has 2 N–H and O–H groups in total. The number of halogens is 2. The highest BCUT2D eigenvalue weighted by Gasteiger charge is 2.08. The normalized spacial score (nSPS) is 10.5. The van der Waals surface area contributed by atoms with Crippen LogP contribution in [0.4, 0.5) is 10.8 Å². The largest absolute Gasteiger partial charge is 0.417 e. The summed E-state index contributed by atoms with van der Waals surface area (Å²) in [4.78, 5) is 18.4. The molecular weight excluding hydrogens is 369 g/mol. The van der Waals surface area contributed by atoms with E-state index in [-0.39, 0.29) is 12.4 Å². The first-order valence-electron chi connectivity index (χ1n) is 6.79. The second-order valence-electron chi connectivity index (χ2n) is 4.90. The zero-order valence-electron chi connectivity index (χ0n) is 12.1.